The number of carbonyl (C=O) groups is 2. The third-order valence-electron chi connectivity index (χ3n) is 6.73. The van der Waals surface area contributed by atoms with Gasteiger partial charge in [0, 0.05) is 55.8 Å². The summed E-state index contributed by atoms with van der Waals surface area (Å²) in [4.78, 5) is 32.1. The van der Waals surface area contributed by atoms with Crippen LogP contribution in [0.5, 0.6) is 0 Å². The smallest absolute Gasteiger partial charge is 0.257 e. The van der Waals surface area contributed by atoms with Gasteiger partial charge in [0.2, 0.25) is 10.0 Å². The topological polar surface area (TPSA) is 90.0 Å². The quantitative estimate of drug-likeness (QED) is 0.384. The Morgan fingerprint density at radius 1 is 1.11 bits per heavy atom. The van der Waals surface area contributed by atoms with E-state index in [0.717, 1.165) is 30.0 Å². The first-order valence-electron chi connectivity index (χ1n) is 12.9. The van der Waals surface area contributed by atoms with Gasteiger partial charge in [-0.25, -0.2) is 8.42 Å². The maximum atomic E-state index is 13.5. The van der Waals surface area contributed by atoms with Gasteiger partial charge in [-0.2, -0.15) is 4.31 Å². The molecule has 2 heterocycles. The number of thiophene rings is 1. The molecular weight excluding hydrogens is 520 g/mol. The number of nitrogens with one attached hydrogen (secondary N) is 1. The second kappa shape index (κ2) is 12.8. The Morgan fingerprint density at radius 2 is 1.71 bits per heavy atom. The van der Waals surface area contributed by atoms with Crippen molar-refractivity contribution in [3.8, 4) is 0 Å². The molecule has 1 aromatic carbocycles. The van der Waals surface area contributed by atoms with E-state index in [1.165, 1.54) is 52.1 Å². The van der Waals surface area contributed by atoms with E-state index in [4.69, 9.17) is 0 Å². The molecule has 0 aliphatic carbocycles. The van der Waals surface area contributed by atoms with Crippen LogP contribution in [-0.4, -0.2) is 73.1 Å². The highest BCUT2D eigenvalue weighted by Gasteiger charge is 2.31. The van der Waals surface area contributed by atoms with Crippen molar-refractivity contribution in [3.63, 3.8) is 0 Å². The normalized spacial score (nSPS) is 13.8. The molecule has 0 radical (unpaired) electrons. The Morgan fingerprint density at radius 3 is 2.24 bits per heavy atom. The zero-order valence-electron chi connectivity index (χ0n) is 22.7. The minimum Gasteiger partial charge on any atom is -0.339 e. The molecule has 0 spiro atoms. The van der Waals surface area contributed by atoms with Crippen LogP contribution in [0.25, 0.3) is 0 Å². The molecular formula is C28H38N4O4S2. The average molecular weight is 559 g/mol. The number of carbonyl (C=O) groups excluding carboxylic acids is 2. The molecule has 10 heteroatoms. The molecule has 1 N–H and O–H groups in total. The molecule has 1 aliphatic rings. The van der Waals surface area contributed by atoms with Gasteiger partial charge in [-0.1, -0.05) is 12.2 Å². The molecule has 2 aromatic rings. The van der Waals surface area contributed by atoms with Crippen molar-refractivity contribution in [2.24, 2.45) is 0 Å². The molecule has 38 heavy (non-hydrogen) atoms. The van der Waals surface area contributed by atoms with Crippen molar-refractivity contribution in [1.82, 2.24) is 14.1 Å². The third-order valence-corrected chi connectivity index (χ3v) is 9.71. The highest BCUT2D eigenvalue weighted by atomic mass is 32.2. The predicted molar refractivity (Wildman–Crippen MR) is 154 cm³/mol. The summed E-state index contributed by atoms with van der Waals surface area (Å²) < 4.78 is 27.2. The third kappa shape index (κ3) is 6.26. The minimum atomic E-state index is -3.77. The highest BCUT2D eigenvalue weighted by Crippen LogP contribution is 2.38. The van der Waals surface area contributed by atoms with E-state index in [2.05, 4.69) is 37.2 Å². The van der Waals surface area contributed by atoms with Crippen molar-refractivity contribution in [3.05, 3.63) is 71.1 Å². The Kier molecular flexibility index (Phi) is 10.1. The second-order valence-corrected chi connectivity index (χ2v) is 12.4. The summed E-state index contributed by atoms with van der Waals surface area (Å²) >= 11 is 1.45. The van der Waals surface area contributed by atoms with Crippen molar-refractivity contribution < 1.29 is 18.0 Å². The zero-order valence-corrected chi connectivity index (χ0v) is 24.3. The molecule has 0 atom stereocenters. The molecule has 8 nitrogen and oxygen atoms in total. The van der Waals surface area contributed by atoms with Gasteiger partial charge in [-0.05, 0) is 63.9 Å². The Labute approximate surface area is 230 Å². The molecule has 3 rings (SSSR count). The van der Waals surface area contributed by atoms with Gasteiger partial charge in [-0.3, -0.25) is 14.5 Å². The maximum Gasteiger partial charge on any atom is 0.257 e. The van der Waals surface area contributed by atoms with Crippen LogP contribution < -0.4 is 5.32 Å². The van der Waals surface area contributed by atoms with Gasteiger partial charge in [0.1, 0.15) is 5.00 Å². The first-order valence-corrected chi connectivity index (χ1v) is 15.2. The van der Waals surface area contributed by atoms with Crippen LogP contribution in [-0.2, 0) is 23.0 Å². The fourth-order valence-electron chi connectivity index (χ4n) is 4.51. The number of sulfonamides is 1. The van der Waals surface area contributed by atoms with Gasteiger partial charge >= 0.3 is 0 Å². The Balaban J connectivity index is 1.91. The largest absolute Gasteiger partial charge is 0.339 e. The van der Waals surface area contributed by atoms with Gasteiger partial charge in [-0.15, -0.1) is 24.5 Å². The molecule has 0 saturated heterocycles. The second-order valence-electron chi connectivity index (χ2n) is 9.38. The van der Waals surface area contributed by atoms with Crippen LogP contribution in [0.4, 0.5) is 5.00 Å². The summed E-state index contributed by atoms with van der Waals surface area (Å²) in [6.45, 7) is 18.5. The minimum absolute atomic E-state index is 0.0771. The standard InChI is InChI=1S/C28H38N4O4S2/c1-7-16-32(17-8-2)38(35,36)22-13-11-21(12-14-22)26(33)29-27-25(28(34)30(9-3)10-4)23-15-18-31(20(5)6)19-24(23)37-27/h7-8,11-14,20H,1-2,9-10,15-19H2,3-6H3,(H,29,33). The summed E-state index contributed by atoms with van der Waals surface area (Å²) in [5, 5.41) is 3.50. The lowest BCUT2D eigenvalue weighted by Gasteiger charge is -2.30. The number of amides is 2. The molecule has 2 amide bonds. The number of benzene rings is 1. The number of anilines is 1. The SMILES string of the molecule is C=CCN(CC=C)S(=O)(=O)c1ccc(C(=O)Nc2sc3c(c2C(=O)N(CC)CC)CCN(C(C)C)C3)cc1. The lowest BCUT2D eigenvalue weighted by atomic mass is 10.0. The fourth-order valence-corrected chi connectivity index (χ4v) is 7.15. The summed E-state index contributed by atoms with van der Waals surface area (Å²) in [6, 6.07) is 6.20. The summed E-state index contributed by atoms with van der Waals surface area (Å²) in [7, 11) is -3.77. The maximum absolute atomic E-state index is 13.5. The lowest BCUT2D eigenvalue weighted by molar-refractivity contribution is 0.0772. The summed E-state index contributed by atoms with van der Waals surface area (Å²) in [5.74, 6) is -0.470. The molecule has 0 saturated carbocycles. The number of rotatable bonds is 12. The molecule has 1 aliphatic heterocycles. The van der Waals surface area contributed by atoms with Crippen molar-refractivity contribution in [1.29, 1.82) is 0 Å². The van der Waals surface area contributed by atoms with E-state index in [1.54, 1.807) is 4.90 Å². The van der Waals surface area contributed by atoms with E-state index in [9.17, 15) is 18.0 Å². The lowest BCUT2D eigenvalue weighted by Crippen LogP contribution is -2.36. The van der Waals surface area contributed by atoms with E-state index in [-0.39, 0.29) is 23.9 Å². The molecule has 206 valence electrons. The Bertz CT molecular complexity index is 1270. The van der Waals surface area contributed by atoms with E-state index < -0.39 is 15.9 Å². The van der Waals surface area contributed by atoms with Crippen LogP contribution in [0, 0.1) is 0 Å². The number of hydrogen-bond acceptors (Lipinski definition) is 6. The molecule has 0 fully saturated rings. The fraction of sp³-hybridized carbons (Fsp3) is 0.429. The first kappa shape index (κ1) is 29.8. The average Bonchev–Trinajstić information content (AvgIpc) is 3.26. The monoisotopic (exact) mass is 558 g/mol. The molecule has 0 bridgehead atoms. The van der Waals surface area contributed by atoms with Crippen molar-refractivity contribution in [2.45, 2.75) is 51.6 Å². The first-order chi connectivity index (χ1) is 18.1. The zero-order chi connectivity index (χ0) is 28.0. The van der Waals surface area contributed by atoms with Crippen LogP contribution in [0.3, 0.4) is 0 Å². The van der Waals surface area contributed by atoms with Crippen LogP contribution in [0.2, 0.25) is 0 Å². The van der Waals surface area contributed by atoms with Crippen molar-refractivity contribution in [2.75, 3.05) is 38.0 Å². The molecule has 1 aromatic heterocycles. The van der Waals surface area contributed by atoms with Gasteiger partial charge < -0.3 is 10.2 Å². The Hall–Kier alpha value is -2.79. The predicted octanol–water partition coefficient (Wildman–Crippen LogP) is 4.61. The van der Waals surface area contributed by atoms with E-state index in [1.807, 2.05) is 13.8 Å². The van der Waals surface area contributed by atoms with Gasteiger partial charge in [0.25, 0.3) is 11.8 Å². The highest BCUT2D eigenvalue weighted by molar-refractivity contribution is 7.89. The number of fused-ring (bicyclic) bond motifs is 1. The number of hydrogen-bond donors (Lipinski definition) is 1. The number of nitrogens with zero attached hydrogens (tertiary/aromatic N) is 3. The summed E-state index contributed by atoms with van der Waals surface area (Å²) in [5.41, 5.74) is 1.90. The van der Waals surface area contributed by atoms with Gasteiger partial charge in [0.15, 0.2) is 0 Å². The van der Waals surface area contributed by atoms with E-state index >= 15 is 0 Å². The van der Waals surface area contributed by atoms with Crippen molar-refractivity contribution >= 4 is 38.2 Å². The van der Waals surface area contributed by atoms with Crippen LogP contribution >= 0.6 is 11.3 Å². The van der Waals surface area contributed by atoms with Gasteiger partial charge in [0.05, 0.1) is 10.5 Å². The summed E-state index contributed by atoms with van der Waals surface area (Å²) in [6.07, 6.45) is 3.78. The van der Waals surface area contributed by atoms with Crippen LogP contribution in [0.15, 0.2) is 54.5 Å². The van der Waals surface area contributed by atoms with Crippen LogP contribution in [0.1, 0.15) is 58.9 Å². The van der Waals surface area contributed by atoms with E-state index in [0.29, 0.717) is 35.3 Å². The molecule has 0 unspecified atom stereocenters.